The van der Waals surface area contributed by atoms with Crippen LogP contribution in [-0.2, 0) is 6.18 Å². The number of aliphatic hydroxyl groups is 3. The molecule has 2 fully saturated rings. The Morgan fingerprint density at radius 3 is 2.63 bits per heavy atom. The monoisotopic (exact) mass is 389 g/mol. The van der Waals surface area contributed by atoms with Crippen LogP contribution in [0.3, 0.4) is 0 Å². The summed E-state index contributed by atoms with van der Waals surface area (Å²) in [6, 6.07) is 0.669. The van der Waals surface area contributed by atoms with Crippen LogP contribution in [0.1, 0.15) is 25.3 Å². The lowest BCUT2D eigenvalue weighted by atomic mass is 9.91. The van der Waals surface area contributed by atoms with E-state index < -0.39 is 30.1 Å². The average Bonchev–Trinajstić information content (AvgIpc) is 2.64. The number of piperidine rings is 2. The van der Waals surface area contributed by atoms with Crippen molar-refractivity contribution in [3.63, 3.8) is 0 Å². The third-order valence-corrected chi connectivity index (χ3v) is 5.69. The summed E-state index contributed by atoms with van der Waals surface area (Å²) >= 11 is 0. The van der Waals surface area contributed by atoms with Gasteiger partial charge < -0.3 is 20.2 Å². The van der Waals surface area contributed by atoms with Gasteiger partial charge in [-0.05, 0) is 31.7 Å². The van der Waals surface area contributed by atoms with Crippen molar-refractivity contribution in [3.8, 4) is 0 Å². The number of rotatable bonds is 3. The van der Waals surface area contributed by atoms with Crippen molar-refractivity contribution in [2.24, 2.45) is 5.92 Å². The van der Waals surface area contributed by atoms with Crippen molar-refractivity contribution in [1.82, 2.24) is 9.88 Å². The van der Waals surface area contributed by atoms with Crippen LogP contribution in [0.4, 0.5) is 18.9 Å². The maximum absolute atomic E-state index is 13.3. The zero-order chi connectivity index (χ0) is 19.8. The topological polar surface area (TPSA) is 80.1 Å². The van der Waals surface area contributed by atoms with Crippen molar-refractivity contribution in [2.45, 2.75) is 50.3 Å². The first kappa shape index (κ1) is 20.3. The zero-order valence-electron chi connectivity index (χ0n) is 15.2. The Labute approximate surface area is 156 Å². The molecule has 0 amide bonds. The lowest BCUT2D eigenvalue weighted by molar-refractivity contribution is -0.137. The number of alkyl halides is 3. The Balaban J connectivity index is 1.71. The number of likely N-dealkylation sites (tertiary alicyclic amines) is 1. The highest BCUT2D eigenvalue weighted by molar-refractivity contribution is 5.53. The Morgan fingerprint density at radius 2 is 1.93 bits per heavy atom. The minimum absolute atomic E-state index is 0.0943. The summed E-state index contributed by atoms with van der Waals surface area (Å²) in [5, 5.41) is 29.8. The van der Waals surface area contributed by atoms with E-state index in [0.717, 1.165) is 25.1 Å². The van der Waals surface area contributed by atoms with Crippen molar-refractivity contribution < 1.29 is 28.5 Å². The minimum Gasteiger partial charge on any atom is -0.389 e. The molecular formula is C18H26F3N3O3. The fourth-order valence-electron chi connectivity index (χ4n) is 4.13. The molecule has 0 saturated carbocycles. The molecule has 6 nitrogen and oxygen atoms in total. The molecule has 0 aromatic carbocycles. The Bertz CT molecular complexity index is 646. The van der Waals surface area contributed by atoms with Crippen molar-refractivity contribution in [2.75, 3.05) is 31.1 Å². The third kappa shape index (κ3) is 4.37. The Hall–Kier alpha value is -1.42. The smallest absolute Gasteiger partial charge is 0.389 e. The minimum atomic E-state index is -4.43. The number of aromatic nitrogens is 1. The van der Waals surface area contributed by atoms with Gasteiger partial charge in [-0.25, -0.2) is 0 Å². The van der Waals surface area contributed by atoms with E-state index >= 15 is 0 Å². The maximum Gasteiger partial charge on any atom is 0.418 e. The molecule has 0 aliphatic carbocycles. The van der Waals surface area contributed by atoms with Crippen LogP contribution in [0.25, 0.3) is 0 Å². The molecule has 27 heavy (non-hydrogen) atoms. The number of aliphatic hydroxyl groups excluding tert-OH is 3. The van der Waals surface area contributed by atoms with E-state index in [-0.39, 0.29) is 24.2 Å². The number of nitrogens with zero attached hydrogens (tertiary/aromatic N) is 3. The molecule has 0 spiro atoms. The van der Waals surface area contributed by atoms with Crippen LogP contribution in [0.15, 0.2) is 18.5 Å². The first-order valence-electron chi connectivity index (χ1n) is 9.23. The highest BCUT2D eigenvalue weighted by Crippen LogP contribution is 2.37. The van der Waals surface area contributed by atoms with Gasteiger partial charge in [0.15, 0.2) is 0 Å². The molecule has 1 aromatic rings. The number of β-amino-alcohol motifs (C(OH)–C–C–N with tert-alkyl or cyclic N) is 1. The molecule has 3 heterocycles. The van der Waals surface area contributed by atoms with E-state index in [1.807, 2.05) is 4.90 Å². The molecular weight excluding hydrogens is 363 g/mol. The van der Waals surface area contributed by atoms with Gasteiger partial charge in [-0.1, -0.05) is 0 Å². The van der Waals surface area contributed by atoms with Crippen LogP contribution < -0.4 is 4.90 Å². The number of anilines is 1. The van der Waals surface area contributed by atoms with Crippen LogP contribution in [0, 0.1) is 5.92 Å². The quantitative estimate of drug-likeness (QED) is 0.719. The molecule has 1 aromatic heterocycles. The molecule has 5 atom stereocenters. The summed E-state index contributed by atoms with van der Waals surface area (Å²) < 4.78 is 39.9. The second-order valence-electron chi connectivity index (χ2n) is 7.59. The number of hydrogen-bond acceptors (Lipinski definition) is 6. The second-order valence-corrected chi connectivity index (χ2v) is 7.59. The van der Waals surface area contributed by atoms with Gasteiger partial charge in [-0.15, -0.1) is 0 Å². The summed E-state index contributed by atoms with van der Waals surface area (Å²) in [7, 11) is 0. The number of hydrogen-bond donors (Lipinski definition) is 3. The molecule has 2 saturated heterocycles. The molecule has 2 aliphatic heterocycles. The van der Waals surface area contributed by atoms with E-state index in [9.17, 15) is 28.5 Å². The third-order valence-electron chi connectivity index (χ3n) is 5.69. The van der Waals surface area contributed by atoms with E-state index in [1.54, 1.807) is 11.8 Å². The van der Waals surface area contributed by atoms with Gasteiger partial charge in [-0.2, -0.15) is 13.2 Å². The van der Waals surface area contributed by atoms with Crippen molar-refractivity contribution in [1.29, 1.82) is 0 Å². The Kier molecular flexibility index (Phi) is 5.95. The molecule has 0 radical (unpaired) electrons. The molecule has 0 bridgehead atoms. The molecule has 9 heteroatoms. The predicted octanol–water partition coefficient (Wildman–Crippen LogP) is 1.10. The van der Waals surface area contributed by atoms with Gasteiger partial charge in [0.2, 0.25) is 0 Å². The Morgan fingerprint density at radius 1 is 1.19 bits per heavy atom. The average molecular weight is 389 g/mol. The summed E-state index contributed by atoms with van der Waals surface area (Å²) in [6.45, 7) is 3.54. The number of halogens is 3. The highest BCUT2D eigenvalue weighted by Gasteiger charge is 2.40. The fourth-order valence-corrected chi connectivity index (χ4v) is 4.13. The molecule has 3 N–H and O–H groups in total. The van der Waals surface area contributed by atoms with E-state index in [2.05, 4.69) is 4.98 Å². The van der Waals surface area contributed by atoms with Crippen molar-refractivity contribution >= 4 is 5.69 Å². The lowest BCUT2D eigenvalue weighted by Crippen LogP contribution is -2.61. The van der Waals surface area contributed by atoms with Crippen LogP contribution in [-0.4, -0.2) is 75.7 Å². The fraction of sp³-hybridized carbons (Fsp3) is 0.722. The van der Waals surface area contributed by atoms with Gasteiger partial charge in [0.05, 0.1) is 29.7 Å². The first-order valence-corrected chi connectivity index (χ1v) is 9.23. The molecule has 0 unspecified atom stereocenters. The van der Waals surface area contributed by atoms with E-state index in [0.29, 0.717) is 19.6 Å². The summed E-state index contributed by atoms with van der Waals surface area (Å²) in [5.41, 5.74) is -0.588. The zero-order valence-corrected chi connectivity index (χ0v) is 15.2. The second kappa shape index (κ2) is 7.90. The van der Waals surface area contributed by atoms with Crippen molar-refractivity contribution in [3.05, 3.63) is 24.0 Å². The van der Waals surface area contributed by atoms with E-state index in [4.69, 9.17) is 0 Å². The molecule has 152 valence electrons. The number of pyridine rings is 1. The molecule has 2 aliphatic rings. The standard InChI is InChI=1S/C18H26F3N3O3/c1-11-16(26)17(27)15(25)10-24(11)9-12-3-2-6-23(8-12)14-7-22-5-4-13(14)18(19,20)21/h4-5,7,11-12,15-17,25-27H,2-3,6,8-10H2,1H3/t11-,12-,15+,16-,17-/m1/s1. The van der Waals surface area contributed by atoms with Crippen LogP contribution >= 0.6 is 0 Å². The summed E-state index contributed by atoms with van der Waals surface area (Å²) in [5.74, 6) is 0.0946. The van der Waals surface area contributed by atoms with Gasteiger partial charge in [0, 0.05) is 38.4 Å². The van der Waals surface area contributed by atoms with Gasteiger partial charge >= 0.3 is 6.18 Å². The SMILES string of the molecule is C[C@@H]1[C@@H](O)[C@H](O)[C@@H](O)CN1C[C@@H]1CCCN(c2cnccc2C(F)(F)F)C1. The van der Waals surface area contributed by atoms with Crippen LogP contribution in [0.2, 0.25) is 0 Å². The van der Waals surface area contributed by atoms with Crippen LogP contribution in [0.5, 0.6) is 0 Å². The maximum atomic E-state index is 13.3. The largest absolute Gasteiger partial charge is 0.418 e. The van der Waals surface area contributed by atoms with E-state index in [1.165, 1.54) is 6.20 Å². The van der Waals surface area contributed by atoms with Gasteiger partial charge in [0.25, 0.3) is 0 Å². The highest BCUT2D eigenvalue weighted by atomic mass is 19.4. The normalized spacial score (nSPS) is 33.3. The van der Waals surface area contributed by atoms with Gasteiger partial charge in [0.1, 0.15) is 6.10 Å². The summed E-state index contributed by atoms with van der Waals surface area (Å²) in [6.07, 6.45) is -3.67. The molecule has 3 rings (SSSR count). The summed E-state index contributed by atoms with van der Waals surface area (Å²) in [4.78, 5) is 7.50. The van der Waals surface area contributed by atoms with Gasteiger partial charge in [-0.3, -0.25) is 9.88 Å². The lowest BCUT2D eigenvalue weighted by Gasteiger charge is -2.45. The predicted molar refractivity (Wildman–Crippen MR) is 93.2 cm³/mol. The first-order chi connectivity index (χ1) is 12.7.